The quantitative estimate of drug-likeness (QED) is 0.131. The van der Waals surface area contributed by atoms with Crippen molar-refractivity contribution in [1.29, 1.82) is 0 Å². The molecule has 0 bridgehead atoms. The third kappa shape index (κ3) is 7.64. The van der Waals surface area contributed by atoms with Gasteiger partial charge in [0.1, 0.15) is 29.4 Å². The number of thiazole rings is 1. The van der Waals surface area contributed by atoms with Crippen molar-refractivity contribution < 1.29 is 19.0 Å². The van der Waals surface area contributed by atoms with Crippen LogP contribution in [0.5, 0.6) is 5.75 Å². The largest absolute Gasteiger partial charge is 0.493 e. The Morgan fingerprint density at radius 1 is 1.18 bits per heavy atom. The van der Waals surface area contributed by atoms with E-state index in [1.165, 1.54) is 6.33 Å². The number of aromatic nitrogens is 6. The van der Waals surface area contributed by atoms with Crippen LogP contribution in [0, 0.1) is 0 Å². The molecule has 1 amide bonds. The summed E-state index contributed by atoms with van der Waals surface area (Å²) in [5.41, 5.74) is 5.14. The van der Waals surface area contributed by atoms with Crippen LogP contribution in [0.4, 0.5) is 4.79 Å². The van der Waals surface area contributed by atoms with Crippen molar-refractivity contribution in [3.8, 4) is 27.6 Å². The molecular formula is C32H45N7O4SSi. The van der Waals surface area contributed by atoms with Gasteiger partial charge in [-0.2, -0.15) is 10.2 Å². The number of pyridine rings is 1. The summed E-state index contributed by atoms with van der Waals surface area (Å²) in [5, 5.41) is 10.5. The lowest BCUT2D eigenvalue weighted by atomic mass is 9.96. The molecule has 4 aromatic heterocycles. The molecule has 0 unspecified atom stereocenters. The van der Waals surface area contributed by atoms with Gasteiger partial charge >= 0.3 is 6.09 Å². The van der Waals surface area contributed by atoms with Crippen LogP contribution in [0.25, 0.3) is 33.0 Å². The van der Waals surface area contributed by atoms with E-state index in [1.54, 1.807) is 27.9 Å². The van der Waals surface area contributed by atoms with Crippen molar-refractivity contribution in [3.63, 3.8) is 0 Å². The molecule has 11 nitrogen and oxygen atoms in total. The number of fused-ring (bicyclic) bond motifs is 1. The Balaban J connectivity index is 1.50. The lowest BCUT2D eigenvalue weighted by Gasteiger charge is -2.29. The summed E-state index contributed by atoms with van der Waals surface area (Å²) < 4.78 is 21.2. The Morgan fingerprint density at radius 2 is 1.96 bits per heavy atom. The normalized spacial score (nSPS) is 14.4. The molecule has 1 aliphatic heterocycles. The Morgan fingerprint density at radius 3 is 2.60 bits per heavy atom. The maximum Gasteiger partial charge on any atom is 0.410 e. The van der Waals surface area contributed by atoms with Gasteiger partial charge in [-0.3, -0.25) is 0 Å². The summed E-state index contributed by atoms with van der Waals surface area (Å²) >= 11 is 1.63. The highest BCUT2D eigenvalue weighted by Gasteiger charge is 2.28. The highest BCUT2D eigenvalue weighted by Crippen LogP contribution is 2.41. The highest BCUT2D eigenvalue weighted by atomic mass is 32.1. The van der Waals surface area contributed by atoms with E-state index in [2.05, 4.69) is 49.6 Å². The first-order valence-corrected chi connectivity index (χ1v) is 20.0. The lowest BCUT2D eigenvalue weighted by molar-refractivity contribution is 0.0270. The molecule has 0 aliphatic carbocycles. The minimum Gasteiger partial charge on any atom is -0.493 e. The molecule has 0 spiro atoms. The Labute approximate surface area is 270 Å². The molecule has 5 rings (SSSR count). The SMILES string of the molecule is COc1cc(-c2c(C(C)C)c(-c3cnc(C4=CCN(C(=O)OC(C)(C)C)CC4)s3)nn2COCC[Si](C)(C)C)cn2ncnc12. The number of ether oxygens (including phenoxy) is 3. The summed E-state index contributed by atoms with van der Waals surface area (Å²) in [6, 6.07) is 3.07. The molecule has 0 N–H and O–H groups in total. The van der Waals surface area contributed by atoms with Gasteiger partial charge in [0.25, 0.3) is 0 Å². The van der Waals surface area contributed by atoms with Gasteiger partial charge in [-0.25, -0.2) is 24.0 Å². The number of hydrogen-bond acceptors (Lipinski definition) is 9. The molecule has 0 fully saturated rings. The third-order valence-electron chi connectivity index (χ3n) is 7.49. The van der Waals surface area contributed by atoms with Crippen molar-refractivity contribution in [2.24, 2.45) is 0 Å². The van der Waals surface area contributed by atoms with E-state index >= 15 is 0 Å². The number of nitrogens with zero attached hydrogens (tertiary/aromatic N) is 7. The van der Waals surface area contributed by atoms with E-state index in [4.69, 9.17) is 24.3 Å². The van der Waals surface area contributed by atoms with Gasteiger partial charge < -0.3 is 19.1 Å². The number of amides is 1. The average molecular weight is 652 g/mol. The van der Waals surface area contributed by atoms with Crippen molar-refractivity contribution >= 4 is 36.7 Å². The van der Waals surface area contributed by atoms with E-state index in [0.717, 1.165) is 44.0 Å². The molecule has 5 heterocycles. The van der Waals surface area contributed by atoms with Crippen molar-refractivity contribution in [1.82, 2.24) is 34.3 Å². The summed E-state index contributed by atoms with van der Waals surface area (Å²) in [5.74, 6) is 0.795. The van der Waals surface area contributed by atoms with Crippen LogP contribution in [-0.2, 0) is 16.2 Å². The minimum atomic E-state index is -1.25. The standard InChI is InChI=1S/C32H45N7O4SSi/c1-21(2)26-27(25-17-33-30(44-25)22-10-12-37(13-11-22)31(40)43-32(3,4)5)36-39(20-42-14-15-45(7,8)9)28(26)23-16-24(41-6)29-34-19-35-38(29)18-23/h10,16-19,21H,11-15,20H2,1-9H3. The van der Waals surface area contributed by atoms with Gasteiger partial charge in [0.05, 0.1) is 17.7 Å². The Bertz CT molecular complexity index is 1690. The molecular weight excluding hydrogens is 607 g/mol. The van der Waals surface area contributed by atoms with E-state index in [9.17, 15) is 4.79 Å². The Hall–Kier alpha value is -3.55. The van der Waals surface area contributed by atoms with Crippen LogP contribution < -0.4 is 4.74 Å². The first-order valence-electron chi connectivity index (χ1n) is 15.4. The van der Waals surface area contributed by atoms with Gasteiger partial charge in [-0.05, 0) is 50.8 Å². The molecule has 45 heavy (non-hydrogen) atoms. The molecule has 4 aromatic rings. The molecule has 0 atom stereocenters. The van der Waals surface area contributed by atoms with Crippen molar-refractivity contribution in [3.05, 3.63) is 41.4 Å². The van der Waals surface area contributed by atoms with E-state index in [1.807, 2.05) is 43.9 Å². The summed E-state index contributed by atoms with van der Waals surface area (Å²) in [7, 11) is 0.394. The third-order valence-corrected chi connectivity index (χ3v) is 10.3. The van der Waals surface area contributed by atoms with Crippen LogP contribution in [-0.4, -0.2) is 80.8 Å². The van der Waals surface area contributed by atoms with Gasteiger partial charge in [0, 0.05) is 51.3 Å². The number of methoxy groups -OCH3 is 1. The summed E-state index contributed by atoms with van der Waals surface area (Å²) in [6.45, 7) is 19.2. The summed E-state index contributed by atoms with van der Waals surface area (Å²) in [6.07, 6.45) is 7.92. The minimum absolute atomic E-state index is 0.157. The topological polar surface area (TPSA) is 109 Å². The molecule has 0 saturated carbocycles. The number of carbonyl (C=O) groups is 1. The van der Waals surface area contributed by atoms with E-state index in [0.29, 0.717) is 44.2 Å². The first kappa shape index (κ1) is 32.8. The zero-order valence-corrected chi connectivity index (χ0v) is 29.7. The zero-order chi connectivity index (χ0) is 32.5. The van der Waals surface area contributed by atoms with Gasteiger partial charge in [-0.1, -0.05) is 39.6 Å². The molecule has 0 radical (unpaired) electrons. The second-order valence-corrected chi connectivity index (χ2v) is 20.5. The molecule has 0 aromatic carbocycles. The fourth-order valence-corrected chi connectivity index (χ4v) is 6.93. The second-order valence-electron chi connectivity index (χ2n) is 13.9. The van der Waals surface area contributed by atoms with Crippen LogP contribution in [0.3, 0.4) is 0 Å². The molecule has 1 aliphatic rings. The Kier molecular flexibility index (Phi) is 9.52. The van der Waals surface area contributed by atoms with Crippen molar-refractivity contribution in [2.45, 2.75) is 85.0 Å². The molecule has 13 heteroatoms. The predicted octanol–water partition coefficient (Wildman–Crippen LogP) is 7.18. The van der Waals surface area contributed by atoms with Gasteiger partial charge in [0.15, 0.2) is 11.4 Å². The molecule has 242 valence electrons. The zero-order valence-electron chi connectivity index (χ0n) is 27.9. The monoisotopic (exact) mass is 651 g/mol. The second kappa shape index (κ2) is 13.0. The smallest absolute Gasteiger partial charge is 0.410 e. The number of hydrogen-bond donors (Lipinski definition) is 0. The van der Waals surface area contributed by atoms with Crippen LogP contribution in [0.15, 0.2) is 30.9 Å². The van der Waals surface area contributed by atoms with Crippen LogP contribution >= 0.6 is 11.3 Å². The number of carbonyl (C=O) groups excluding carboxylic acids is 1. The highest BCUT2D eigenvalue weighted by molar-refractivity contribution is 7.16. The van der Waals surface area contributed by atoms with E-state index in [-0.39, 0.29) is 12.0 Å². The van der Waals surface area contributed by atoms with Crippen molar-refractivity contribution in [2.75, 3.05) is 26.8 Å². The average Bonchev–Trinajstić information content (AvgIpc) is 3.72. The van der Waals surface area contributed by atoms with Crippen LogP contribution in [0.1, 0.15) is 57.5 Å². The van der Waals surface area contributed by atoms with Gasteiger partial charge in [0.2, 0.25) is 0 Å². The lowest BCUT2D eigenvalue weighted by Crippen LogP contribution is -2.39. The fourth-order valence-electron chi connectivity index (χ4n) is 5.20. The first-order chi connectivity index (χ1) is 21.2. The molecule has 0 saturated heterocycles. The maximum atomic E-state index is 12.6. The van der Waals surface area contributed by atoms with E-state index < -0.39 is 13.7 Å². The predicted molar refractivity (Wildman–Crippen MR) is 180 cm³/mol. The fraction of sp³-hybridized carbons (Fsp3) is 0.531. The van der Waals surface area contributed by atoms with Gasteiger partial charge in [-0.15, -0.1) is 11.3 Å². The summed E-state index contributed by atoms with van der Waals surface area (Å²) in [4.78, 5) is 24.5. The number of rotatable bonds is 10. The van der Waals surface area contributed by atoms with Crippen LogP contribution in [0.2, 0.25) is 25.7 Å². The maximum absolute atomic E-state index is 12.6.